The zero-order chi connectivity index (χ0) is 13.6. The first kappa shape index (κ1) is 14.5. The standard InChI is InChI=1S/C13H18N2O2S/c1-3-18(16,17)9-5-8-15(2)13-7-4-6-12(10-13)11-14/h4,6-7,10H,3,5,8-9H2,1-2H3. The molecule has 0 aliphatic carbocycles. The Morgan fingerprint density at radius 3 is 2.72 bits per heavy atom. The van der Waals surface area contributed by atoms with Gasteiger partial charge < -0.3 is 4.90 Å². The summed E-state index contributed by atoms with van der Waals surface area (Å²) in [6, 6.07) is 9.38. The summed E-state index contributed by atoms with van der Waals surface area (Å²) < 4.78 is 22.7. The van der Waals surface area contributed by atoms with Crippen LogP contribution in [0, 0.1) is 11.3 Å². The van der Waals surface area contributed by atoms with Crippen LogP contribution in [0.1, 0.15) is 18.9 Å². The molecule has 18 heavy (non-hydrogen) atoms. The lowest BCUT2D eigenvalue weighted by molar-refractivity contribution is 0.594. The number of anilines is 1. The van der Waals surface area contributed by atoms with Crippen LogP contribution in [0.5, 0.6) is 0 Å². The molecule has 0 saturated heterocycles. The Hall–Kier alpha value is -1.54. The first-order chi connectivity index (χ1) is 8.48. The molecule has 0 spiro atoms. The van der Waals surface area contributed by atoms with E-state index in [4.69, 9.17) is 5.26 Å². The van der Waals surface area contributed by atoms with E-state index in [1.807, 2.05) is 24.1 Å². The van der Waals surface area contributed by atoms with E-state index in [0.29, 0.717) is 18.5 Å². The summed E-state index contributed by atoms with van der Waals surface area (Å²) in [6.45, 7) is 2.32. The van der Waals surface area contributed by atoms with E-state index < -0.39 is 9.84 Å². The predicted molar refractivity (Wildman–Crippen MR) is 73.4 cm³/mol. The molecule has 1 aromatic rings. The van der Waals surface area contributed by atoms with Crippen LogP contribution in [0.15, 0.2) is 24.3 Å². The van der Waals surface area contributed by atoms with Crippen LogP contribution < -0.4 is 4.90 Å². The van der Waals surface area contributed by atoms with Crippen LogP contribution in [-0.4, -0.2) is 33.5 Å². The van der Waals surface area contributed by atoms with E-state index in [0.717, 1.165) is 5.69 Å². The molecule has 0 aliphatic rings. The van der Waals surface area contributed by atoms with Crippen molar-refractivity contribution in [3.8, 4) is 6.07 Å². The third-order valence-electron chi connectivity index (χ3n) is 2.80. The third kappa shape index (κ3) is 4.38. The zero-order valence-corrected chi connectivity index (χ0v) is 11.6. The molecule has 0 heterocycles. The van der Waals surface area contributed by atoms with Gasteiger partial charge in [0.15, 0.2) is 0 Å². The first-order valence-electron chi connectivity index (χ1n) is 5.90. The van der Waals surface area contributed by atoms with Crippen molar-refractivity contribution < 1.29 is 8.42 Å². The maximum atomic E-state index is 11.4. The number of hydrogen-bond donors (Lipinski definition) is 0. The molecule has 1 rings (SSSR count). The van der Waals surface area contributed by atoms with Gasteiger partial charge in [-0.25, -0.2) is 8.42 Å². The molecule has 0 aliphatic heterocycles. The van der Waals surface area contributed by atoms with Gasteiger partial charge in [-0.1, -0.05) is 13.0 Å². The van der Waals surface area contributed by atoms with Crippen molar-refractivity contribution >= 4 is 15.5 Å². The molecule has 0 aromatic heterocycles. The Morgan fingerprint density at radius 2 is 2.11 bits per heavy atom. The molecular weight excluding hydrogens is 248 g/mol. The lowest BCUT2D eigenvalue weighted by Crippen LogP contribution is -2.21. The Balaban J connectivity index is 2.56. The SMILES string of the molecule is CCS(=O)(=O)CCCN(C)c1cccc(C#N)c1. The number of nitrogens with zero attached hydrogens (tertiary/aromatic N) is 2. The van der Waals surface area contributed by atoms with Crippen LogP contribution in [-0.2, 0) is 9.84 Å². The molecule has 0 saturated carbocycles. The van der Waals surface area contributed by atoms with Crippen molar-refractivity contribution in [1.29, 1.82) is 5.26 Å². The summed E-state index contributed by atoms with van der Waals surface area (Å²) in [6.07, 6.45) is 0.601. The predicted octanol–water partition coefficient (Wildman–Crippen LogP) is 1.82. The van der Waals surface area contributed by atoms with Gasteiger partial charge in [0, 0.05) is 25.0 Å². The summed E-state index contributed by atoms with van der Waals surface area (Å²) in [5.74, 6) is 0.409. The Morgan fingerprint density at radius 1 is 1.39 bits per heavy atom. The van der Waals surface area contributed by atoms with Crippen LogP contribution in [0.3, 0.4) is 0 Å². The fourth-order valence-corrected chi connectivity index (χ4v) is 2.47. The van der Waals surface area contributed by atoms with Gasteiger partial charge in [-0.05, 0) is 24.6 Å². The molecular formula is C13H18N2O2S. The highest BCUT2D eigenvalue weighted by molar-refractivity contribution is 7.91. The van der Waals surface area contributed by atoms with E-state index >= 15 is 0 Å². The smallest absolute Gasteiger partial charge is 0.150 e. The van der Waals surface area contributed by atoms with Crippen molar-refractivity contribution in [3.63, 3.8) is 0 Å². The van der Waals surface area contributed by atoms with Gasteiger partial charge in [-0.2, -0.15) is 5.26 Å². The number of nitriles is 1. The maximum Gasteiger partial charge on any atom is 0.150 e. The molecule has 0 bridgehead atoms. The molecule has 1 aromatic carbocycles. The van der Waals surface area contributed by atoms with E-state index in [-0.39, 0.29) is 11.5 Å². The molecule has 0 fully saturated rings. The minimum absolute atomic E-state index is 0.195. The van der Waals surface area contributed by atoms with Crippen molar-refractivity contribution in [1.82, 2.24) is 0 Å². The number of rotatable bonds is 6. The quantitative estimate of drug-likeness (QED) is 0.788. The summed E-state index contributed by atoms with van der Waals surface area (Å²) in [7, 11) is -0.991. The molecule has 0 atom stereocenters. The highest BCUT2D eigenvalue weighted by atomic mass is 32.2. The Bertz CT molecular complexity index is 532. The summed E-state index contributed by atoms with van der Waals surface area (Å²) in [5, 5.41) is 8.81. The topological polar surface area (TPSA) is 61.2 Å². The summed E-state index contributed by atoms with van der Waals surface area (Å²) in [5.41, 5.74) is 1.54. The van der Waals surface area contributed by atoms with Gasteiger partial charge in [0.25, 0.3) is 0 Å². The molecule has 98 valence electrons. The number of sulfone groups is 1. The second-order valence-corrected chi connectivity index (χ2v) is 6.65. The third-order valence-corrected chi connectivity index (χ3v) is 4.60. The van der Waals surface area contributed by atoms with Crippen molar-refractivity contribution in [2.45, 2.75) is 13.3 Å². The normalized spacial score (nSPS) is 10.9. The van der Waals surface area contributed by atoms with Gasteiger partial charge in [-0.3, -0.25) is 0 Å². The van der Waals surface area contributed by atoms with E-state index in [9.17, 15) is 8.42 Å². The second kappa shape index (κ2) is 6.41. The molecule has 0 unspecified atom stereocenters. The highest BCUT2D eigenvalue weighted by Crippen LogP contribution is 2.14. The monoisotopic (exact) mass is 266 g/mol. The fourth-order valence-electron chi connectivity index (χ4n) is 1.61. The highest BCUT2D eigenvalue weighted by Gasteiger charge is 2.08. The maximum absolute atomic E-state index is 11.4. The van der Waals surface area contributed by atoms with Crippen LogP contribution >= 0.6 is 0 Å². The second-order valence-electron chi connectivity index (χ2n) is 4.17. The first-order valence-corrected chi connectivity index (χ1v) is 7.72. The lowest BCUT2D eigenvalue weighted by atomic mass is 10.2. The lowest BCUT2D eigenvalue weighted by Gasteiger charge is -2.19. The van der Waals surface area contributed by atoms with Gasteiger partial charge in [-0.15, -0.1) is 0 Å². The van der Waals surface area contributed by atoms with Crippen molar-refractivity contribution in [3.05, 3.63) is 29.8 Å². The van der Waals surface area contributed by atoms with Crippen LogP contribution in [0.2, 0.25) is 0 Å². The Kier molecular flexibility index (Phi) is 5.17. The molecule has 4 nitrogen and oxygen atoms in total. The Labute approximate surface area is 109 Å². The van der Waals surface area contributed by atoms with Crippen molar-refractivity contribution in [2.24, 2.45) is 0 Å². The van der Waals surface area contributed by atoms with E-state index in [2.05, 4.69) is 6.07 Å². The number of hydrogen-bond acceptors (Lipinski definition) is 4. The summed E-state index contributed by atoms with van der Waals surface area (Å²) >= 11 is 0. The molecule has 0 amide bonds. The van der Waals surface area contributed by atoms with E-state index in [1.165, 1.54) is 0 Å². The van der Waals surface area contributed by atoms with Gasteiger partial charge in [0.2, 0.25) is 0 Å². The van der Waals surface area contributed by atoms with Gasteiger partial charge >= 0.3 is 0 Å². The van der Waals surface area contributed by atoms with E-state index in [1.54, 1.807) is 19.1 Å². The van der Waals surface area contributed by atoms with Crippen LogP contribution in [0.4, 0.5) is 5.69 Å². The molecule has 0 radical (unpaired) electrons. The minimum Gasteiger partial charge on any atom is -0.375 e. The largest absolute Gasteiger partial charge is 0.375 e. The zero-order valence-electron chi connectivity index (χ0n) is 10.8. The van der Waals surface area contributed by atoms with Crippen LogP contribution in [0.25, 0.3) is 0 Å². The summed E-state index contributed by atoms with van der Waals surface area (Å²) in [4.78, 5) is 1.96. The van der Waals surface area contributed by atoms with Gasteiger partial charge in [0.1, 0.15) is 9.84 Å². The average molecular weight is 266 g/mol. The number of benzene rings is 1. The molecule has 5 heteroatoms. The fraction of sp³-hybridized carbons (Fsp3) is 0.462. The average Bonchev–Trinajstić information content (AvgIpc) is 2.38. The minimum atomic E-state index is -2.89. The molecule has 0 N–H and O–H groups in total. The van der Waals surface area contributed by atoms with Crippen molar-refractivity contribution in [2.75, 3.05) is 30.0 Å². The van der Waals surface area contributed by atoms with Gasteiger partial charge in [0.05, 0.1) is 17.4 Å².